The summed E-state index contributed by atoms with van der Waals surface area (Å²) in [5.74, 6) is 2.66. The molecule has 0 saturated carbocycles. The molecule has 1 heterocycles. The number of carbonyl (C=O) groups excluding carboxylic acids is 1. The van der Waals surface area contributed by atoms with Gasteiger partial charge in [0.2, 0.25) is 11.7 Å². The summed E-state index contributed by atoms with van der Waals surface area (Å²) in [7, 11) is 0. The van der Waals surface area contributed by atoms with E-state index in [4.69, 9.17) is 20.8 Å². The van der Waals surface area contributed by atoms with Crippen LogP contribution in [0.1, 0.15) is 6.92 Å². The number of aliphatic carboxylic acids is 1. The van der Waals surface area contributed by atoms with Gasteiger partial charge in [0, 0.05) is 6.92 Å². The first-order chi connectivity index (χ1) is 10.8. The number of nitrogens with two attached hydrogens (primary N) is 1. The smallest absolute Gasteiger partial charge is 0.370 e. The van der Waals surface area contributed by atoms with Gasteiger partial charge in [0.1, 0.15) is 18.3 Å². The molecule has 0 aromatic heterocycles. The van der Waals surface area contributed by atoms with Crippen molar-refractivity contribution < 1.29 is 34.8 Å². The molecular formula is C12H20N4O7. The number of rotatable bonds is 7. The highest BCUT2D eigenvalue weighted by molar-refractivity contribution is 5.85. The third kappa shape index (κ3) is 4.89. The molecule has 0 saturated heterocycles. The summed E-state index contributed by atoms with van der Waals surface area (Å²) >= 11 is 0. The molecule has 1 amide bonds. The van der Waals surface area contributed by atoms with Crippen molar-refractivity contribution in [3.63, 3.8) is 0 Å². The zero-order valence-corrected chi connectivity index (χ0v) is 12.3. The predicted octanol–water partition coefficient (Wildman–Crippen LogP) is -3.57. The van der Waals surface area contributed by atoms with Crippen LogP contribution in [0.5, 0.6) is 0 Å². The molecule has 0 unspecified atom stereocenters. The molecular weight excluding hydrogens is 312 g/mol. The standard InChI is InChI=1S/C12H20N4O7/c1-5(18)16-9-6(14-4-15-13)2-8(12(21)22)23-11(9)10(20)7(19)3-17/h2,4,6-7,9-11,17,19-20H,3,13H2,1H3,(H,14,15)(H,16,18)(H,21,22)/t6-,7+,9+,10+,11+/m0/s1. The van der Waals surface area contributed by atoms with Crippen LogP contribution in [-0.2, 0) is 14.3 Å². The van der Waals surface area contributed by atoms with Crippen LogP contribution in [-0.4, -0.2) is 75.6 Å². The molecule has 5 atom stereocenters. The fraction of sp³-hybridized carbons (Fsp3) is 0.583. The van der Waals surface area contributed by atoms with Crippen LogP contribution in [0.3, 0.4) is 0 Å². The third-order valence-corrected chi connectivity index (χ3v) is 3.13. The number of amides is 1. The second kappa shape index (κ2) is 8.43. The highest BCUT2D eigenvalue weighted by Gasteiger charge is 2.43. The third-order valence-electron chi connectivity index (χ3n) is 3.13. The van der Waals surface area contributed by atoms with E-state index in [0.29, 0.717) is 0 Å². The lowest BCUT2D eigenvalue weighted by Gasteiger charge is -2.38. The Kier molecular flexibility index (Phi) is 6.90. The maximum absolute atomic E-state index is 11.4. The Labute approximate surface area is 131 Å². The van der Waals surface area contributed by atoms with Crippen molar-refractivity contribution in [3.05, 3.63) is 11.8 Å². The second-order valence-corrected chi connectivity index (χ2v) is 4.82. The molecule has 1 aliphatic heterocycles. The van der Waals surface area contributed by atoms with Gasteiger partial charge < -0.3 is 35.9 Å². The lowest BCUT2D eigenvalue weighted by molar-refractivity contribution is -0.145. The highest BCUT2D eigenvalue weighted by atomic mass is 16.5. The van der Waals surface area contributed by atoms with E-state index < -0.39 is 54.6 Å². The number of aliphatic imine (C=N–C) groups is 1. The monoisotopic (exact) mass is 332 g/mol. The summed E-state index contributed by atoms with van der Waals surface area (Å²) in [6, 6.07) is -1.92. The van der Waals surface area contributed by atoms with Gasteiger partial charge in [-0.05, 0) is 6.08 Å². The molecule has 11 nitrogen and oxygen atoms in total. The number of aliphatic hydroxyl groups excluding tert-OH is 3. The number of nitrogens with zero attached hydrogens (tertiary/aromatic N) is 1. The van der Waals surface area contributed by atoms with Gasteiger partial charge in [0.25, 0.3) is 0 Å². The van der Waals surface area contributed by atoms with Crippen molar-refractivity contribution in [2.75, 3.05) is 6.61 Å². The Hall–Kier alpha value is -2.21. The molecule has 0 aromatic carbocycles. The number of carboxylic acid groups (broad SMARTS) is 1. The van der Waals surface area contributed by atoms with E-state index in [1.807, 2.05) is 0 Å². The molecule has 0 aliphatic carbocycles. The Balaban J connectivity index is 3.22. The lowest BCUT2D eigenvalue weighted by Crippen LogP contribution is -2.59. The molecule has 0 bridgehead atoms. The van der Waals surface area contributed by atoms with Gasteiger partial charge >= 0.3 is 5.97 Å². The lowest BCUT2D eigenvalue weighted by atomic mass is 9.92. The Bertz CT molecular complexity index is 496. The largest absolute Gasteiger partial charge is 0.478 e. The molecule has 130 valence electrons. The van der Waals surface area contributed by atoms with Gasteiger partial charge in [-0.25, -0.2) is 10.6 Å². The van der Waals surface area contributed by atoms with Crippen molar-refractivity contribution in [2.24, 2.45) is 10.8 Å². The molecule has 11 heteroatoms. The first-order valence-electron chi connectivity index (χ1n) is 6.65. The van der Waals surface area contributed by atoms with Crippen LogP contribution < -0.4 is 16.6 Å². The van der Waals surface area contributed by atoms with E-state index in [0.717, 1.165) is 12.4 Å². The average Bonchev–Trinajstić information content (AvgIpc) is 2.51. The number of carbonyl (C=O) groups is 2. The second-order valence-electron chi connectivity index (χ2n) is 4.82. The van der Waals surface area contributed by atoms with Crippen LogP contribution in [0.15, 0.2) is 16.8 Å². The fourth-order valence-electron chi connectivity index (χ4n) is 2.11. The molecule has 0 spiro atoms. The minimum atomic E-state index is -1.66. The van der Waals surface area contributed by atoms with Crippen LogP contribution in [0, 0.1) is 0 Å². The van der Waals surface area contributed by atoms with E-state index in [1.165, 1.54) is 6.92 Å². The van der Waals surface area contributed by atoms with E-state index in [9.17, 15) is 19.8 Å². The van der Waals surface area contributed by atoms with Crippen LogP contribution in [0.2, 0.25) is 0 Å². The number of nitrogens with one attached hydrogen (secondary N) is 2. The zero-order valence-electron chi connectivity index (χ0n) is 12.3. The summed E-state index contributed by atoms with van der Waals surface area (Å²) in [6.07, 6.45) is -2.40. The summed E-state index contributed by atoms with van der Waals surface area (Å²) < 4.78 is 5.16. The Morgan fingerprint density at radius 3 is 2.65 bits per heavy atom. The summed E-state index contributed by atoms with van der Waals surface area (Å²) in [6.45, 7) is 0.433. The molecule has 0 aromatic rings. The summed E-state index contributed by atoms with van der Waals surface area (Å²) in [4.78, 5) is 26.4. The first kappa shape index (κ1) is 18.8. The summed E-state index contributed by atoms with van der Waals surface area (Å²) in [5, 5.41) is 40.2. The number of carboxylic acids is 1. The quantitative estimate of drug-likeness (QED) is 0.107. The molecule has 0 fully saturated rings. The van der Waals surface area contributed by atoms with Crippen LogP contribution >= 0.6 is 0 Å². The van der Waals surface area contributed by atoms with Crippen molar-refractivity contribution in [1.29, 1.82) is 0 Å². The Morgan fingerprint density at radius 2 is 2.17 bits per heavy atom. The molecule has 23 heavy (non-hydrogen) atoms. The maximum Gasteiger partial charge on any atom is 0.370 e. The van der Waals surface area contributed by atoms with Gasteiger partial charge in [0.05, 0.1) is 25.0 Å². The number of hydrazine groups is 1. The molecule has 0 radical (unpaired) electrons. The predicted molar refractivity (Wildman–Crippen MR) is 76.9 cm³/mol. The van der Waals surface area contributed by atoms with Crippen LogP contribution in [0.25, 0.3) is 0 Å². The zero-order chi connectivity index (χ0) is 17.6. The Morgan fingerprint density at radius 1 is 1.52 bits per heavy atom. The minimum Gasteiger partial charge on any atom is -0.478 e. The first-order valence-corrected chi connectivity index (χ1v) is 6.65. The maximum atomic E-state index is 11.4. The minimum absolute atomic E-state index is 0.484. The average molecular weight is 332 g/mol. The van der Waals surface area contributed by atoms with Gasteiger partial charge in [-0.2, -0.15) is 0 Å². The van der Waals surface area contributed by atoms with Crippen LogP contribution in [0.4, 0.5) is 0 Å². The number of hydrogen-bond donors (Lipinski definition) is 7. The SMILES string of the molecule is CC(=O)N[C@H]1[C@H]([C@H](O)[C@H](O)CO)OC(C(=O)O)=C[C@@H]1N=CNN. The topological polar surface area (TPSA) is 187 Å². The molecule has 8 N–H and O–H groups in total. The highest BCUT2D eigenvalue weighted by Crippen LogP contribution is 2.24. The molecule has 1 aliphatic rings. The van der Waals surface area contributed by atoms with Gasteiger partial charge in [-0.15, -0.1) is 0 Å². The van der Waals surface area contributed by atoms with Gasteiger partial charge in [-0.1, -0.05) is 0 Å². The fourth-order valence-corrected chi connectivity index (χ4v) is 2.11. The summed E-state index contributed by atoms with van der Waals surface area (Å²) in [5.41, 5.74) is 2.14. The van der Waals surface area contributed by atoms with Crippen molar-refractivity contribution in [3.8, 4) is 0 Å². The van der Waals surface area contributed by atoms with Gasteiger partial charge in [-0.3, -0.25) is 9.79 Å². The number of aliphatic hydroxyl groups is 3. The number of ether oxygens (including phenoxy) is 1. The van der Waals surface area contributed by atoms with Crippen molar-refractivity contribution >= 4 is 18.2 Å². The van der Waals surface area contributed by atoms with E-state index in [2.05, 4.69) is 15.7 Å². The van der Waals surface area contributed by atoms with E-state index >= 15 is 0 Å². The normalized spacial score (nSPS) is 26.8. The van der Waals surface area contributed by atoms with E-state index in [1.54, 1.807) is 0 Å². The van der Waals surface area contributed by atoms with Crippen molar-refractivity contribution in [2.45, 2.75) is 37.3 Å². The number of hydrogen-bond acceptors (Lipinski definition) is 8. The van der Waals surface area contributed by atoms with E-state index in [-0.39, 0.29) is 0 Å². The van der Waals surface area contributed by atoms with Crippen molar-refractivity contribution in [1.82, 2.24) is 10.7 Å². The van der Waals surface area contributed by atoms with Gasteiger partial charge in [0.15, 0.2) is 0 Å². The molecule has 1 rings (SSSR count).